The van der Waals surface area contributed by atoms with Crippen molar-refractivity contribution < 1.29 is 35.5 Å². The van der Waals surface area contributed by atoms with Crippen LogP contribution in [-0.2, 0) is 18.8 Å². The molecule has 4 nitrogen and oxygen atoms in total. The third-order valence-corrected chi connectivity index (χ3v) is 6.01. The number of benzene rings is 2. The Hall–Kier alpha value is -2.82. The van der Waals surface area contributed by atoms with E-state index in [9.17, 15) is 35.5 Å². The van der Waals surface area contributed by atoms with Crippen LogP contribution >= 0.6 is 0 Å². The second-order valence-corrected chi connectivity index (χ2v) is 8.64. The van der Waals surface area contributed by atoms with E-state index < -0.39 is 41.4 Å². The van der Waals surface area contributed by atoms with Gasteiger partial charge >= 0.3 is 18.4 Å². The summed E-state index contributed by atoms with van der Waals surface area (Å²) < 4.78 is 92.4. The largest absolute Gasteiger partial charge is 0.416 e. The lowest BCUT2D eigenvalue weighted by atomic mass is 9.99. The Balaban J connectivity index is 1.80. The molecule has 1 saturated heterocycles. The second kappa shape index (κ2) is 10.4. The van der Waals surface area contributed by atoms with E-state index in [4.69, 9.17) is 0 Å². The summed E-state index contributed by atoms with van der Waals surface area (Å²) in [6.45, 7) is 3.13. The molecule has 0 aliphatic carbocycles. The van der Waals surface area contributed by atoms with Crippen molar-refractivity contribution in [3.8, 4) is 0 Å². The van der Waals surface area contributed by atoms with Crippen LogP contribution < -0.4 is 5.32 Å². The lowest BCUT2D eigenvalue weighted by molar-refractivity contribution is -0.143. The Morgan fingerprint density at radius 3 is 2.26 bits per heavy atom. The number of aryl methyl sites for hydroxylation is 1. The minimum absolute atomic E-state index is 0.0816. The molecule has 1 fully saturated rings. The molecule has 1 N–H and O–H groups in total. The number of rotatable bonds is 4. The molecule has 1 aliphatic heterocycles. The topological polar surface area (TPSA) is 35.6 Å². The zero-order valence-corrected chi connectivity index (χ0v) is 19.2. The maximum Gasteiger partial charge on any atom is 0.416 e. The van der Waals surface area contributed by atoms with Gasteiger partial charge in [-0.15, -0.1) is 0 Å². The van der Waals surface area contributed by atoms with Crippen LogP contribution in [0.15, 0.2) is 36.4 Å². The molecular formula is C24H26F7N3O. The van der Waals surface area contributed by atoms with Crippen LogP contribution in [0.5, 0.6) is 0 Å². The van der Waals surface area contributed by atoms with Crippen molar-refractivity contribution in [2.75, 3.05) is 33.2 Å². The number of likely N-dealkylation sites (N-methyl/N-ethyl adjacent to an activating group) is 1. The molecule has 11 heteroatoms. The number of amides is 2. The van der Waals surface area contributed by atoms with Gasteiger partial charge in [-0.3, -0.25) is 0 Å². The summed E-state index contributed by atoms with van der Waals surface area (Å²) in [5, 5.41) is 3.24. The van der Waals surface area contributed by atoms with Crippen LogP contribution in [0, 0.1) is 12.7 Å². The highest BCUT2D eigenvalue weighted by Gasteiger charge is 2.37. The standard InChI is InChI=1S/C24H26F7N3O/c1-15-10-19(25)4-5-20(15)21-14-32-7-3-8-34(21)22(35)33(2)9-6-16-11-17(23(26,27)28)13-18(12-16)24(29,30)31/h4-5,10-13,21,32H,3,6-9,14H2,1-2H3/t21-/m1/s1. The zero-order valence-electron chi connectivity index (χ0n) is 19.2. The van der Waals surface area contributed by atoms with E-state index in [0.29, 0.717) is 43.8 Å². The smallest absolute Gasteiger partial charge is 0.327 e. The van der Waals surface area contributed by atoms with Crippen molar-refractivity contribution in [2.45, 2.75) is 38.2 Å². The first kappa shape index (κ1) is 26.8. The van der Waals surface area contributed by atoms with Gasteiger partial charge in [0.05, 0.1) is 17.2 Å². The van der Waals surface area contributed by atoms with E-state index in [1.807, 2.05) is 0 Å². The van der Waals surface area contributed by atoms with Crippen LogP contribution in [0.3, 0.4) is 0 Å². The van der Waals surface area contributed by atoms with Gasteiger partial charge in [0.2, 0.25) is 0 Å². The Bertz CT molecular complexity index is 1020. The Kier molecular flexibility index (Phi) is 7.98. The molecule has 192 valence electrons. The van der Waals surface area contributed by atoms with Crippen molar-refractivity contribution in [3.05, 3.63) is 70.0 Å². The molecule has 0 spiro atoms. The fourth-order valence-electron chi connectivity index (χ4n) is 4.17. The van der Waals surface area contributed by atoms with E-state index in [1.165, 1.54) is 24.1 Å². The summed E-state index contributed by atoms with van der Waals surface area (Å²) in [5.41, 5.74) is -1.52. The predicted molar refractivity (Wildman–Crippen MR) is 116 cm³/mol. The quantitative estimate of drug-likeness (QED) is 0.533. The van der Waals surface area contributed by atoms with Gasteiger partial charge in [-0.25, -0.2) is 9.18 Å². The normalized spacial score (nSPS) is 17.3. The number of halogens is 7. The summed E-state index contributed by atoms with van der Waals surface area (Å²) in [6, 6.07) is 4.91. The highest BCUT2D eigenvalue weighted by Crippen LogP contribution is 2.36. The average Bonchev–Trinajstić information content (AvgIpc) is 3.01. The molecule has 1 atom stereocenters. The minimum atomic E-state index is -4.93. The number of urea groups is 1. The number of alkyl halides is 6. The van der Waals surface area contributed by atoms with Crippen molar-refractivity contribution in [2.24, 2.45) is 0 Å². The first-order chi connectivity index (χ1) is 16.3. The van der Waals surface area contributed by atoms with Gasteiger partial charge in [-0.05, 0) is 73.3 Å². The third-order valence-electron chi connectivity index (χ3n) is 6.01. The minimum Gasteiger partial charge on any atom is -0.327 e. The number of carbonyl (C=O) groups excluding carboxylic acids is 1. The molecule has 1 aliphatic rings. The maximum atomic E-state index is 13.6. The molecule has 35 heavy (non-hydrogen) atoms. The molecule has 0 radical (unpaired) electrons. The number of nitrogens with zero attached hydrogens (tertiary/aromatic N) is 2. The van der Waals surface area contributed by atoms with E-state index in [-0.39, 0.29) is 24.6 Å². The predicted octanol–water partition coefficient (Wildman–Crippen LogP) is 5.80. The van der Waals surface area contributed by atoms with E-state index in [2.05, 4.69) is 5.32 Å². The molecule has 2 aromatic carbocycles. The van der Waals surface area contributed by atoms with Gasteiger partial charge in [0.25, 0.3) is 0 Å². The van der Waals surface area contributed by atoms with Gasteiger partial charge in [0.1, 0.15) is 5.82 Å². The fraction of sp³-hybridized carbons (Fsp3) is 0.458. The van der Waals surface area contributed by atoms with E-state index in [1.54, 1.807) is 17.9 Å². The monoisotopic (exact) mass is 505 g/mol. The molecule has 1 heterocycles. The Morgan fingerprint density at radius 1 is 1.06 bits per heavy atom. The van der Waals surface area contributed by atoms with Gasteiger partial charge in [0, 0.05) is 26.7 Å². The molecule has 0 aromatic heterocycles. The molecule has 2 amide bonds. The Labute approximate surface area is 198 Å². The maximum absolute atomic E-state index is 13.6. The van der Waals surface area contributed by atoms with Crippen LogP contribution in [0.4, 0.5) is 35.5 Å². The number of carbonyl (C=O) groups is 1. The highest BCUT2D eigenvalue weighted by atomic mass is 19.4. The number of nitrogens with one attached hydrogen (secondary N) is 1. The molecule has 2 aromatic rings. The molecule has 3 rings (SSSR count). The number of hydrogen-bond acceptors (Lipinski definition) is 2. The van der Waals surface area contributed by atoms with Crippen molar-refractivity contribution in [3.63, 3.8) is 0 Å². The summed E-state index contributed by atoms with van der Waals surface area (Å²) in [7, 11) is 1.45. The van der Waals surface area contributed by atoms with E-state index in [0.717, 1.165) is 5.56 Å². The average molecular weight is 505 g/mol. The van der Waals surface area contributed by atoms with Gasteiger partial charge < -0.3 is 15.1 Å². The first-order valence-corrected chi connectivity index (χ1v) is 11.0. The summed E-state index contributed by atoms with van der Waals surface area (Å²) >= 11 is 0. The first-order valence-electron chi connectivity index (χ1n) is 11.0. The third kappa shape index (κ3) is 6.65. The SMILES string of the molecule is Cc1cc(F)ccc1[C@H]1CNCCCN1C(=O)N(C)CCc1cc(C(F)(F)F)cc(C(F)(F)F)c1. The van der Waals surface area contributed by atoms with Crippen molar-refractivity contribution in [1.82, 2.24) is 15.1 Å². The summed E-state index contributed by atoms with van der Waals surface area (Å²) in [6.07, 6.45) is -9.41. The van der Waals surface area contributed by atoms with Crippen LogP contribution in [-0.4, -0.2) is 49.1 Å². The molecular weight excluding hydrogens is 479 g/mol. The van der Waals surface area contributed by atoms with Gasteiger partial charge in [0.15, 0.2) is 0 Å². The van der Waals surface area contributed by atoms with E-state index >= 15 is 0 Å². The number of hydrogen-bond donors (Lipinski definition) is 1. The van der Waals surface area contributed by atoms with Crippen molar-refractivity contribution in [1.29, 1.82) is 0 Å². The fourth-order valence-corrected chi connectivity index (χ4v) is 4.17. The molecule has 0 saturated carbocycles. The van der Waals surface area contributed by atoms with Crippen LogP contribution in [0.1, 0.15) is 40.3 Å². The van der Waals surface area contributed by atoms with Crippen molar-refractivity contribution >= 4 is 6.03 Å². The molecule has 0 bridgehead atoms. The van der Waals surface area contributed by atoms with Crippen LogP contribution in [0.2, 0.25) is 0 Å². The van der Waals surface area contributed by atoms with Gasteiger partial charge in [-0.1, -0.05) is 6.07 Å². The highest BCUT2D eigenvalue weighted by molar-refractivity contribution is 5.75. The summed E-state index contributed by atoms with van der Waals surface area (Å²) in [4.78, 5) is 16.2. The zero-order chi connectivity index (χ0) is 26.0. The lowest BCUT2D eigenvalue weighted by Crippen LogP contribution is -2.45. The Morgan fingerprint density at radius 2 is 1.69 bits per heavy atom. The lowest BCUT2D eigenvalue weighted by Gasteiger charge is -2.34. The second-order valence-electron chi connectivity index (χ2n) is 8.64. The summed E-state index contributed by atoms with van der Waals surface area (Å²) in [5.74, 6) is -0.401. The van der Waals surface area contributed by atoms with Crippen LogP contribution in [0.25, 0.3) is 0 Å². The van der Waals surface area contributed by atoms with Gasteiger partial charge in [-0.2, -0.15) is 26.3 Å². The molecule has 0 unspecified atom stereocenters.